The van der Waals surface area contributed by atoms with E-state index in [1.165, 1.54) is 0 Å². The first kappa shape index (κ1) is 3.37. The van der Waals surface area contributed by atoms with Gasteiger partial charge >= 0.3 is 0 Å². The van der Waals surface area contributed by atoms with Gasteiger partial charge in [-0.25, -0.2) is 0 Å². The van der Waals surface area contributed by atoms with Crippen molar-refractivity contribution in [2.45, 2.75) is 19.6 Å². The van der Waals surface area contributed by atoms with Gasteiger partial charge in [0.05, 0.1) is 0 Å². The summed E-state index contributed by atoms with van der Waals surface area (Å²) in [6.45, 7) is 5.92. The molecule has 0 heterocycles. The van der Waals surface area contributed by atoms with E-state index < -0.39 is 8.32 Å². The highest BCUT2D eigenvalue weighted by atomic mass is 28.4. The van der Waals surface area contributed by atoms with Gasteiger partial charge in [-0.1, -0.05) is 0 Å². The SMILES string of the molecule is [3H]O[Si](C)(C)C. The van der Waals surface area contributed by atoms with Gasteiger partial charge in [0.15, 0.2) is 9.75 Å². The Morgan fingerprint density at radius 1 is 1.60 bits per heavy atom. The molecule has 0 rings (SSSR count). The molecule has 32 valence electrons. The van der Waals surface area contributed by atoms with Gasteiger partial charge in [-0.2, -0.15) is 0 Å². The lowest BCUT2D eigenvalue weighted by Crippen LogP contribution is -2.17. The predicted molar refractivity (Wildman–Crippen MR) is 25.6 cm³/mol. The van der Waals surface area contributed by atoms with Crippen LogP contribution in [0.5, 0.6) is 0 Å². The largest absolute Gasteiger partial charge is 0.433 e. The van der Waals surface area contributed by atoms with Crippen LogP contribution in [0.4, 0.5) is 0 Å². The Balaban J connectivity index is 3.17. The Morgan fingerprint density at radius 3 is 1.80 bits per heavy atom. The van der Waals surface area contributed by atoms with E-state index >= 15 is 0 Å². The van der Waals surface area contributed by atoms with Crippen molar-refractivity contribution in [3.8, 4) is 0 Å². The topological polar surface area (TPSA) is 20.2 Å². The van der Waals surface area contributed by atoms with Crippen molar-refractivity contribution in [2.24, 2.45) is 0 Å². The van der Waals surface area contributed by atoms with E-state index in [1.807, 2.05) is 19.6 Å². The van der Waals surface area contributed by atoms with Gasteiger partial charge in [-0.05, 0) is 19.6 Å². The number of hydrogen-bond donors (Lipinski definition) is 1. The van der Waals surface area contributed by atoms with Crippen molar-refractivity contribution in [1.82, 2.24) is 0 Å². The van der Waals surface area contributed by atoms with Crippen molar-refractivity contribution >= 4 is 8.32 Å². The first-order valence-corrected chi connectivity index (χ1v) is 5.11. The number of hydrogen-bond acceptors (Lipinski definition) is 1. The van der Waals surface area contributed by atoms with Crippen molar-refractivity contribution in [3.63, 3.8) is 0 Å². The molecule has 0 aliphatic rings. The summed E-state index contributed by atoms with van der Waals surface area (Å²) < 4.78 is 6.42. The van der Waals surface area contributed by atoms with E-state index in [9.17, 15) is 0 Å². The van der Waals surface area contributed by atoms with Crippen molar-refractivity contribution in [3.05, 3.63) is 0 Å². The summed E-state index contributed by atoms with van der Waals surface area (Å²) in [6.07, 6.45) is 0. The minimum Gasteiger partial charge on any atom is -0.433 e. The van der Waals surface area contributed by atoms with Crippen LogP contribution in [0.1, 0.15) is 0 Å². The molecule has 0 spiro atoms. The molecule has 1 nitrogen and oxygen atoms in total. The highest BCUT2D eigenvalue weighted by Gasteiger charge is 2.03. The van der Waals surface area contributed by atoms with Crippen LogP contribution in [0.15, 0.2) is 0 Å². The van der Waals surface area contributed by atoms with Crippen LogP contribution < -0.4 is 0 Å². The van der Waals surface area contributed by atoms with Crippen molar-refractivity contribution < 1.29 is 4.80 Å². The smallest absolute Gasteiger partial charge is 0.193 e. The Hall–Kier alpha value is 0.177. The monoisotopic (exact) mass is 92.1 g/mol. The number of rotatable bonds is 1. The van der Waals surface area contributed by atoms with Gasteiger partial charge in [0.25, 0.3) is 0 Å². The molecule has 0 aromatic carbocycles. The third-order valence-corrected chi connectivity index (χ3v) is 0. The van der Waals surface area contributed by atoms with E-state index in [0.29, 0.717) is 0 Å². The second-order valence-corrected chi connectivity index (χ2v) is 6.34. The summed E-state index contributed by atoms with van der Waals surface area (Å²) in [5.41, 5.74) is 0. The molecule has 2 heteroatoms. The predicted octanol–water partition coefficient (Wildman–Crippen LogP) is 0.814. The maximum absolute atomic E-state index is 6.42. The fourth-order valence-corrected chi connectivity index (χ4v) is 0. The van der Waals surface area contributed by atoms with Gasteiger partial charge < -0.3 is 4.80 Å². The molecular weight excluding hydrogens is 80.1 g/mol. The average molecular weight is 92.2 g/mol. The third-order valence-electron chi connectivity index (χ3n) is 0. The second-order valence-electron chi connectivity index (χ2n) is 2.11. The van der Waals surface area contributed by atoms with Gasteiger partial charge in [0.2, 0.25) is 0 Å². The van der Waals surface area contributed by atoms with Gasteiger partial charge in [0, 0.05) is 0 Å². The zero-order chi connectivity index (χ0) is 5.21. The molecule has 0 aromatic heterocycles. The summed E-state index contributed by atoms with van der Waals surface area (Å²) in [6, 6.07) is 0. The fraction of sp³-hybridized carbons (Fsp3) is 1.00. The van der Waals surface area contributed by atoms with E-state index in [1.54, 1.807) is 0 Å². The van der Waals surface area contributed by atoms with Crippen molar-refractivity contribution in [2.75, 3.05) is 0 Å². The summed E-state index contributed by atoms with van der Waals surface area (Å²) in [5.74, 6) is 0. The second kappa shape index (κ2) is 1.10. The minimum atomic E-state index is -1.46. The maximum Gasteiger partial charge on any atom is 0.193 e. The molecule has 0 unspecified atom stereocenters. The Morgan fingerprint density at radius 2 is 1.80 bits per heavy atom. The molecule has 0 atom stereocenters. The molecule has 0 aromatic rings. The molecule has 0 bridgehead atoms. The average Bonchev–Trinajstić information content (AvgIpc) is 1.35. The summed E-state index contributed by atoms with van der Waals surface area (Å²) in [7, 11) is -1.46. The van der Waals surface area contributed by atoms with Crippen LogP contribution in [0, 0.1) is 0 Å². The zero-order valence-corrected chi connectivity index (χ0v) is 4.91. The van der Waals surface area contributed by atoms with Crippen LogP contribution in [-0.2, 0) is 0 Å². The molecule has 5 heavy (non-hydrogen) atoms. The summed E-state index contributed by atoms with van der Waals surface area (Å²) in [4.78, 5) is 4.33. The highest BCUT2D eigenvalue weighted by Crippen LogP contribution is 1.88. The standard InChI is InChI=1S/C3H10OSi/c1-5(2,3)4/h4H,1-3H3/i4T. The zero-order valence-electron chi connectivity index (χ0n) is 4.91. The minimum absolute atomic E-state index is 1.46. The van der Waals surface area contributed by atoms with Crippen LogP contribution in [0.2, 0.25) is 19.6 Å². The Bertz CT molecular complexity index is 40.5. The molecule has 0 radical (unpaired) electrons. The molecule has 0 amide bonds. The Labute approximate surface area is 35.3 Å². The molecule has 0 fully saturated rings. The Kier molecular flexibility index (Phi) is 0.745. The van der Waals surface area contributed by atoms with Gasteiger partial charge in [0.1, 0.15) is 0 Å². The fourth-order valence-electron chi connectivity index (χ4n) is 0. The lowest BCUT2D eigenvalue weighted by molar-refractivity contribution is 0.561. The first-order chi connectivity index (χ1) is 2.56. The van der Waals surface area contributed by atoms with E-state index in [4.69, 9.17) is 1.43 Å². The molecule has 0 aliphatic heterocycles. The quantitative estimate of drug-likeness (QED) is 0.475. The van der Waals surface area contributed by atoms with E-state index in [0.717, 1.165) is 0 Å². The summed E-state index contributed by atoms with van der Waals surface area (Å²) in [5, 5.41) is 0. The molecule has 0 saturated carbocycles. The van der Waals surface area contributed by atoms with Gasteiger partial charge in [-0.15, -0.1) is 0 Å². The van der Waals surface area contributed by atoms with Gasteiger partial charge in [-0.3, -0.25) is 0 Å². The van der Waals surface area contributed by atoms with E-state index in [2.05, 4.69) is 4.80 Å². The summed E-state index contributed by atoms with van der Waals surface area (Å²) >= 11 is 0. The molecule has 0 aliphatic carbocycles. The third kappa shape index (κ3) is 633. The lowest BCUT2D eigenvalue weighted by Gasteiger charge is -2.00. The van der Waals surface area contributed by atoms with Crippen LogP contribution in [0.25, 0.3) is 0 Å². The molecule has 0 saturated heterocycles. The molecule has 1 N–H and O–H groups in total. The lowest BCUT2D eigenvalue weighted by atomic mass is 11.8. The van der Waals surface area contributed by atoms with Crippen molar-refractivity contribution in [1.29, 1.82) is 1.43 Å². The first-order valence-electron chi connectivity index (χ1n) is 2.11. The normalized spacial score (nSPS) is 14.6. The van der Waals surface area contributed by atoms with Crippen LogP contribution in [0.3, 0.4) is 0 Å². The van der Waals surface area contributed by atoms with Crippen LogP contribution >= 0.6 is 0 Å². The van der Waals surface area contributed by atoms with Crippen LogP contribution in [-0.4, -0.2) is 14.5 Å². The molecular formula is C3H10OSi. The highest BCUT2D eigenvalue weighted by molar-refractivity contribution is 6.68. The van der Waals surface area contributed by atoms with E-state index in [-0.39, 0.29) is 0 Å². The maximum atomic E-state index is 6.42.